The molecule has 2 rings (SSSR count). The maximum Gasteiger partial charge on any atom is 0.255 e. The topological polar surface area (TPSA) is 98.7 Å². The monoisotopic (exact) mass is 378 g/mol. The van der Waals surface area contributed by atoms with E-state index >= 15 is 0 Å². The van der Waals surface area contributed by atoms with Crippen molar-refractivity contribution >= 4 is 17.5 Å². The second-order valence-electron chi connectivity index (χ2n) is 6.47. The molecule has 0 bridgehead atoms. The van der Waals surface area contributed by atoms with Crippen molar-refractivity contribution < 1.29 is 28.6 Å². The summed E-state index contributed by atoms with van der Waals surface area (Å²) in [6, 6.07) is 5.05. The van der Waals surface area contributed by atoms with Crippen LogP contribution in [0.15, 0.2) is 36.4 Å². The molecule has 8 heteroatoms. The predicted octanol–water partition coefficient (Wildman–Crippen LogP) is 3.16. The molecule has 1 atom stereocenters. The van der Waals surface area contributed by atoms with Crippen molar-refractivity contribution in [3.8, 4) is 11.5 Å². The van der Waals surface area contributed by atoms with E-state index in [1.54, 1.807) is 0 Å². The molecule has 0 saturated heterocycles. The molecule has 2 amide bonds. The predicted molar refractivity (Wildman–Crippen MR) is 95.5 cm³/mol. The van der Waals surface area contributed by atoms with Crippen molar-refractivity contribution in [2.24, 2.45) is 5.92 Å². The number of anilines is 1. The second-order valence-corrected chi connectivity index (χ2v) is 6.47. The summed E-state index contributed by atoms with van der Waals surface area (Å²) < 4.78 is 26.9. The van der Waals surface area contributed by atoms with Crippen LogP contribution in [-0.2, 0) is 4.79 Å². The molecule has 0 aliphatic heterocycles. The smallest absolute Gasteiger partial charge is 0.255 e. The molecular weight excluding hydrogens is 358 g/mol. The maximum atomic E-state index is 13.8. The Morgan fingerprint density at radius 1 is 1.07 bits per heavy atom. The first-order valence-electron chi connectivity index (χ1n) is 8.26. The Morgan fingerprint density at radius 2 is 1.78 bits per heavy atom. The number of rotatable bonds is 6. The third-order valence-electron chi connectivity index (χ3n) is 3.74. The number of carbonyl (C=O) groups excluding carboxylic acids is 2. The molecule has 0 saturated carbocycles. The van der Waals surface area contributed by atoms with Gasteiger partial charge in [0.1, 0.15) is 29.2 Å². The summed E-state index contributed by atoms with van der Waals surface area (Å²) >= 11 is 0. The number of carbonyl (C=O) groups is 2. The van der Waals surface area contributed by atoms with Gasteiger partial charge in [0.2, 0.25) is 5.91 Å². The lowest BCUT2D eigenvalue weighted by atomic mass is 10.0. The fourth-order valence-corrected chi connectivity index (χ4v) is 2.46. The highest BCUT2D eigenvalue weighted by Gasteiger charge is 2.25. The zero-order valence-corrected chi connectivity index (χ0v) is 14.8. The van der Waals surface area contributed by atoms with E-state index in [2.05, 4.69) is 10.6 Å². The van der Waals surface area contributed by atoms with Crippen LogP contribution in [-0.4, -0.2) is 28.1 Å². The van der Waals surface area contributed by atoms with E-state index in [1.165, 1.54) is 6.07 Å². The standard InChI is InChI=1S/C19H20F2N2O4/c1-10(2)7-16(19(27)22-15-6-3-11(20)8-17(15)25)23-18(26)13-9-12(24)4-5-14(13)21/h3-6,8-10,16,24-25H,7H2,1-2H3,(H,22,27)(H,23,26). The van der Waals surface area contributed by atoms with E-state index < -0.39 is 40.8 Å². The van der Waals surface area contributed by atoms with Crippen LogP contribution < -0.4 is 10.6 Å². The third kappa shape index (κ3) is 5.40. The molecule has 27 heavy (non-hydrogen) atoms. The molecule has 2 aromatic carbocycles. The largest absolute Gasteiger partial charge is 0.508 e. The first kappa shape index (κ1) is 20.2. The lowest BCUT2D eigenvalue weighted by molar-refractivity contribution is -0.118. The molecule has 2 aromatic rings. The molecule has 4 N–H and O–H groups in total. The second kappa shape index (κ2) is 8.48. The maximum absolute atomic E-state index is 13.8. The Labute approximate surface area is 154 Å². The number of hydrogen-bond acceptors (Lipinski definition) is 4. The van der Waals surface area contributed by atoms with Gasteiger partial charge in [-0.2, -0.15) is 0 Å². The molecule has 0 aromatic heterocycles. The van der Waals surface area contributed by atoms with E-state index in [0.717, 1.165) is 30.3 Å². The van der Waals surface area contributed by atoms with E-state index in [9.17, 15) is 28.6 Å². The summed E-state index contributed by atoms with van der Waals surface area (Å²) in [5, 5.41) is 24.0. The summed E-state index contributed by atoms with van der Waals surface area (Å²) in [4.78, 5) is 24.9. The van der Waals surface area contributed by atoms with Gasteiger partial charge in [-0.15, -0.1) is 0 Å². The van der Waals surface area contributed by atoms with Gasteiger partial charge in [0.15, 0.2) is 0 Å². The fraction of sp³-hybridized carbons (Fsp3) is 0.263. The van der Waals surface area contributed by atoms with Crippen LogP contribution in [0, 0.1) is 17.6 Å². The molecular formula is C19H20F2N2O4. The zero-order chi connectivity index (χ0) is 20.1. The molecule has 144 valence electrons. The zero-order valence-electron chi connectivity index (χ0n) is 14.8. The third-order valence-corrected chi connectivity index (χ3v) is 3.74. The van der Waals surface area contributed by atoms with Crippen molar-refractivity contribution in [2.45, 2.75) is 26.3 Å². The van der Waals surface area contributed by atoms with Gasteiger partial charge in [0.25, 0.3) is 5.91 Å². The van der Waals surface area contributed by atoms with E-state index in [1.807, 2.05) is 13.8 Å². The summed E-state index contributed by atoms with van der Waals surface area (Å²) in [5.41, 5.74) is -0.422. The number of halogens is 2. The number of phenolic OH excluding ortho intramolecular Hbond substituents is 2. The van der Waals surface area contributed by atoms with Crippen molar-refractivity contribution in [1.82, 2.24) is 5.32 Å². The van der Waals surface area contributed by atoms with Crippen LogP contribution in [0.2, 0.25) is 0 Å². The Morgan fingerprint density at radius 3 is 2.41 bits per heavy atom. The van der Waals surface area contributed by atoms with Crippen LogP contribution in [0.3, 0.4) is 0 Å². The van der Waals surface area contributed by atoms with Gasteiger partial charge in [-0.3, -0.25) is 9.59 Å². The van der Waals surface area contributed by atoms with Crippen LogP contribution in [0.1, 0.15) is 30.6 Å². The minimum atomic E-state index is -1.04. The number of benzene rings is 2. The van der Waals surface area contributed by atoms with Gasteiger partial charge < -0.3 is 20.8 Å². The summed E-state index contributed by atoms with van der Waals surface area (Å²) in [5.74, 6) is -3.77. The Hall–Kier alpha value is -3.16. The molecule has 0 fully saturated rings. The van der Waals surface area contributed by atoms with Crippen LogP contribution in [0.5, 0.6) is 11.5 Å². The van der Waals surface area contributed by atoms with E-state index in [4.69, 9.17) is 0 Å². The average Bonchev–Trinajstić information content (AvgIpc) is 2.58. The number of hydrogen-bond donors (Lipinski definition) is 4. The number of nitrogens with one attached hydrogen (secondary N) is 2. The molecule has 1 unspecified atom stereocenters. The van der Waals surface area contributed by atoms with Gasteiger partial charge in [0, 0.05) is 6.07 Å². The Kier molecular flexibility index (Phi) is 6.33. The summed E-state index contributed by atoms with van der Waals surface area (Å²) in [7, 11) is 0. The van der Waals surface area contributed by atoms with E-state index in [-0.39, 0.29) is 23.8 Å². The average molecular weight is 378 g/mol. The molecule has 0 spiro atoms. The number of amides is 2. The number of aromatic hydroxyl groups is 2. The fourth-order valence-electron chi connectivity index (χ4n) is 2.46. The van der Waals surface area contributed by atoms with Crippen LogP contribution in [0.25, 0.3) is 0 Å². The van der Waals surface area contributed by atoms with Gasteiger partial charge in [-0.05, 0) is 42.7 Å². The van der Waals surface area contributed by atoms with Gasteiger partial charge in [0.05, 0.1) is 11.3 Å². The number of phenols is 2. The van der Waals surface area contributed by atoms with Gasteiger partial charge in [-0.1, -0.05) is 13.8 Å². The Bertz CT molecular complexity index is 856. The van der Waals surface area contributed by atoms with Gasteiger partial charge >= 0.3 is 0 Å². The minimum absolute atomic E-state index is 0.0110. The first-order valence-corrected chi connectivity index (χ1v) is 8.26. The molecule has 0 aliphatic carbocycles. The summed E-state index contributed by atoms with van der Waals surface area (Å²) in [6.07, 6.45) is 0.236. The van der Waals surface area contributed by atoms with Crippen molar-refractivity contribution in [3.05, 3.63) is 53.6 Å². The molecule has 0 radical (unpaired) electrons. The normalized spacial score (nSPS) is 11.9. The first-order chi connectivity index (χ1) is 12.7. The summed E-state index contributed by atoms with van der Waals surface area (Å²) in [6.45, 7) is 3.66. The highest BCUT2D eigenvalue weighted by Crippen LogP contribution is 2.24. The lowest BCUT2D eigenvalue weighted by Crippen LogP contribution is -2.44. The van der Waals surface area contributed by atoms with Gasteiger partial charge in [-0.25, -0.2) is 8.78 Å². The SMILES string of the molecule is CC(C)CC(NC(=O)c1cc(O)ccc1F)C(=O)Nc1ccc(F)cc1O. The molecule has 6 nitrogen and oxygen atoms in total. The van der Waals surface area contributed by atoms with E-state index in [0.29, 0.717) is 0 Å². The van der Waals surface area contributed by atoms with Crippen molar-refractivity contribution in [2.75, 3.05) is 5.32 Å². The molecule has 0 aliphatic rings. The highest BCUT2D eigenvalue weighted by atomic mass is 19.1. The van der Waals surface area contributed by atoms with Crippen molar-refractivity contribution in [1.29, 1.82) is 0 Å². The van der Waals surface area contributed by atoms with Crippen LogP contribution in [0.4, 0.5) is 14.5 Å². The Balaban J connectivity index is 2.19. The van der Waals surface area contributed by atoms with Crippen molar-refractivity contribution in [3.63, 3.8) is 0 Å². The minimum Gasteiger partial charge on any atom is -0.508 e. The quantitative estimate of drug-likeness (QED) is 0.580. The highest BCUT2D eigenvalue weighted by molar-refractivity contribution is 6.01. The lowest BCUT2D eigenvalue weighted by Gasteiger charge is -2.20. The van der Waals surface area contributed by atoms with Crippen LogP contribution >= 0.6 is 0 Å². The molecule has 0 heterocycles.